The largest absolute Gasteiger partial charge is 0.370 e. The minimum atomic E-state index is -1.78. The van der Waals surface area contributed by atoms with E-state index in [0.29, 0.717) is 48.0 Å². The van der Waals surface area contributed by atoms with E-state index in [0.717, 1.165) is 68.7 Å². The number of fused-ring (bicyclic) bond motifs is 6. The number of hydrogen-bond acceptors (Lipinski definition) is 11. The highest BCUT2D eigenvalue weighted by atomic mass is 32.1. The van der Waals surface area contributed by atoms with Crippen molar-refractivity contribution in [3.63, 3.8) is 0 Å². The number of ketones is 1. The van der Waals surface area contributed by atoms with Gasteiger partial charge in [0.2, 0.25) is 20.8 Å². The summed E-state index contributed by atoms with van der Waals surface area (Å²) in [6, 6.07) is 11.8. The van der Waals surface area contributed by atoms with E-state index in [1.807, 2.05) is 13.0 Å². The number of benzene rings is 1. The Labute approximate surface area is 347 Å². The third kappa shape index (κ3) is 7.38. The number of amides is 2. The molecule has 0 saturated carbocycles. The summed E-state index contributed by atoms with van der Waals surface area (Å²) < 4.78 is 14.4. The van der Waals surface area contributed by atoms with Crippen LogP contribution in [0, 0.1) is 16.7 Å². The van der Waals surface area contributed by atoms with Crippen molar-refractivity contribution in [1.82, 2.24) is 29.5 Å². The van der Waals surface area contributed by atoms with Crippen molar-refractivity contribution in [3.05, 3.63) is 58.2 Å². The predicted molar refractivity (Wildman–Crippen MR) is 226 cm³/mol. The molecule has 1 aromatic carbocycles. The Morgan fingerprint density at radius 1 is 1.23 bits per heavy atom. The standard InChI is InChI=1S/C41H51N6O6S2Si2/c1-6-45-20-25(17-32(45)48)35(49)36-41(23-56-36)19-31-43-29(21-55-31)24-11-12-30-27(16-24)28(34(46(30)7-2)26-10-8-13-42-33(26)37(54)52-5)18-40(3,4)22-53-39(51)57-15-9-14-47(44-57)38(41)50/h8,10-13,16,21,25,36-37,39,44,51,54H,6-7,9,14-15,17-20,22-23H2,1-5H3/t25?,36?,37-,39?,41-/m0/s1. The van der Waals surface area contributed by atoms with Gasteiger partial charge in [0.1, 0.15) is 11.2 Å². The molecule has 1 spiro atoms. The van der Waals surface area contributed by atoms with Gasteiger partial charge in [0.05, 0.1) is 43.6 Å². The van der Waals surface area contributed by atoms with Crippen LogP contribution in [0.25, 0.3) is 33.4 Å². The number of Topliss-reactive ketones (excluding diaryl/α,β-unsaturated/α-hetero) is 1. The molecule has 2 amide bonds. The summed E-state index contributed by atoms with van der Waals surface area (Å²) in [6.45, 7) is 10.9. The van der Waals surface area contributed by atoms with Crippen molar-refractivity contribution in [1.29, 1.82) is 0 Å². The molecule has 4 aromatic rings. The third-order valence-corrected chi connectivity index (χ3v) is 17.8. The maximum atomic E-state index is 14.9. The first-order chi connectivity index (χ1) is 27.4. The molecular weight excluding hydrogens is 793 g/mol. The summed E-state index contributed by atoms with van der Waals surface area (Å²) in [6.07, 6.45) is 3.67. The molecule has 6 bridgehead atoms. The number of pyridine rings is 1. The molecule has 3 radical (unpaired) electrons. The number of hydrogen-bond donors (Lipinski definition) is 3. The van der Waals surface area contributed by atoms with Crippen molar-refractivity contribution < 1.29 is 29.0 Å². The van der Waals surface area contributed by atoms with Crippen molar-refractivity contribution in [2.24, 2.45) is 16.7 Å². The molecule has 3 unspecified atom stereocenters. The van der Waals surface area contributed by atoms with Gasteiger partial charge in [-0.3, -0.25) is 24.4 Å². The number of aliphatic hydroxyl groups is 1. The molecule has 3 fully saturated rings. The fourth-order valence-electron chi connectivity index (χ4n) is 9.13. The molecule has 0 aliphatic carbocycles. The molecule has 3 saturated heterocycles. The maximum absolute atomic E-state index is 14.9. The van der Waals surface area contributed by atoms with Crippen molar-refractivity contribution in [2.45, 2.75) is 88.9 Å². The Kier molecular flexibility index (Phi) is 11.4. The van der Waals surface area contributed by atoms with Crippen LogP contribution in [0.3, 0.4) is 0 Å². The van der Waals surface area contributed by atoms with Crippen LogP contribution in [0.15, 0.2) is 41.9 Å². The summed E-state index contributed by atoms with van der Waals surface area (Å²) >= 11 is 6.27. The van der Waals surface area contributed by atoms with Gasteiger partial charge in [-0.25, -0.2) is 10.1 Å². The number of carbonyl (C=O) groups is 3. The van der Waals surface area contributed by atoms with Gasteiger partial charge in [-0.15, -0.1) is 24.0 Å². The highest BCUT2D eigenvalue weighted by molar-refractivity contribution is 7.80. The van der Waals surface area contributed by atoms with Crippen LogP contribution in [0.1, 0.15) is 62.2 Å². The lowest BCUT2D eigenvalue weighted by Crippen LogP contribution is -2.66. The zero-order chi connectivity index (χ0) is 40.2. The van der Waals surface area contributed by atoms with Crippen molar-refractivity contribution in [3.8, 4) is 22.5 Å². The van der Waals surface area contributed by atoms with Gasteiger partial charge in [-0.1, -0.05) is 19.9 Å². The molecule has 3 aromatic heterocycles. The minimum Gasteiger partial charge on any atom is -0.370 e. The molecule has 5 atom stereocenters. The van der Waals surface area contributed by atoms with Crippen LogP contribution in [-0.4, -0.2) is 105 Å². The first-order valence-corrected chi connectivity index (χ1v) is 24.4. The number of aromatic nitrogens is 3. The SMILES string of the molecule is CCN1CC(C(=O)C2[Si]C[C@@]23Cc2nc(cs2)-c2ccc4c(c2)c(c(-c2cccnc2[C@H](S)OC)n4CC)CC(C)(C)COC(O)[Si]2CCCN(N2)C3=O)CC1=O. The molecule has 2 N–H and O–H groups in total. The fraction of sp³-hybridized carbons (Fsp3) is 0.537. The normalized spacial score (nSPS) is 26.2. The van der Waals surface area contributed by atoms with Crippen LogP contribution >= 0.6 is 24.0 Å². The van der Waals surface area contributed by atoms with Crippen LogP contribution in [0.5, 0.6) is 0 Å². The average Bonchev–Trinajstić information content (AvgIpc) is 3.92. The monoisotopic (exact) mass is 843 g/mol. The number of aliphatic hydroxyl groups excluding tert-OH is 1. The van der Waals surface area contributed by atoms with E-state index in [1.165, 1.54) is 11.3 Å². The second-order valence-electron chi connectivity index (χ2n) is 16.5. The highest BCUT2D eigenvalue weighted by Crippen LogP contribution is 2.53. The molecular formula is C41H51N6O6S2Si2. The van der Waals surface area contributed by atoms with Gasteiger partial charge < -0.3 is 24.0 Å². The van der Waals surface area contributed by atoms with Gasteiger partial charge in [0.15, 0.2) is 5.91 Å². The van der Waals surface area contributed by atoms with Crippen molar-refractivity contribution >= 4 is 70.9 Å². The number of thiazole rings is 1. The molecule has 16 heteroatoms. The predicted octanol–water partition coefficient (Wildman–Crippen LogP) is 5.50. The Hall–Kier alpha value is -3.23. The minimum absolute atomic E-state index is 0.00135. The smallest absolute Gasteiger partial charge is 0.242 e. The Bertz CT molecular complexity index is 2200. The summed E-state index contributed by atoms with van der Waals surface area (Å²) in [5.74, 6) is -1.57. The molecule has 301 valence electrons. The van der Waals surface area contributed by atoms with E-state index in [9.17, 15) is 19.5 Å². The number of nitrogens with one attached hydrogen (secondary N) is 1. The Morgan fingerprint density at radius 3 is 2.77 bits per heavy atom. The lowest BCUT2D eigenvalue weighted by molar-refractivity contribution is -0.149. The van der Waals surface area contributed by atoms with E-state index in [1.54, 1.807) is 23.2 Å². The van der Waals surface area contributed by atoms with Gasteiger partial charge in [0, 0.05) is 91.2 Å². The van der Waals surface area contributed by atoms with Gasteiger partial charge in [0.25, 0.3) is 0 Å². The molecule has 57 heavy (non-hydrogen) atoms. The fourth-order valence-corrected chi connectivity index (χ4v) is 14.0. The van der Waals surface area contributed by atoms with E-state index < -0.39 is 42.6 Å². The van der Waals surface area contributed by atoms with Gasteiger partial charge >= 0.3 is 0 Å². The molecule has 7 heterocycles. The Morgan fingerprint density at radius 2 is 2.05 bits per heavy atom. The average molecular weight is 844 g/mol. The zero-order valence-corrected chi connectivity index (χ0v) is 36.9. The second-order valence-corrected chi connectivity index (χ2v) is 21.6. The van der Waals surface area contributed by atoms with E-state index in [-0.39, 0.29) is 30.6 Å². The topological polar surface area (TPSA) is 139 Å². The van der Waals surface area contributed by atoms with Gasteiger partial charge in [-0.2, -0.15) is 0 Å². The number of hydrazine groups is 1. The lowest BCUT2D eigenvalue weighted by Gasteiger charge is -2.50. The van der Waals surface area contributed by atoms with E-state index in [2.05, 4.69) is 60.1 Å². The summed E-state index contributed by atoms with van der Waals surface area (Å²) in [5.41, 5.74) is 4.35. The van der Waals surface area contributed by atoms with Crippen LogP contribution < -0.4 is 5.09 Å². The Balaban J connectivity index is 1.25. The second kappa shape index (κ2) is 16.1. The number of rotatable bonds is 7. The number of methoxy groups -OCH3 is 1. The number of likely N-dealkylation sites (tertiary alicyclic amines) is 1. The third-order valence-electron chi connectivity index (χ3n) is 12.2. The highest BCUT2D eigenvalue weighted by Gasteiger charge is 2.59. The number of ether oxygens (including phenoxy) is 2. The first kappa shape index (κ1) is 40.5. The maximum Gasteiger partial charge on any atom is 0.242 e. The summed E-state index contributed by atoms with van der Waals surface area (Å²) in [4.78, 5) is 53.6. The lowest BCUT2D eigenvalue weighted by atomic mass is 9.75. The number of nitrogens with zero attached hydrogens (tertiary/aromatic N) is 5. The summed E-state index contributed by atoms with van der Waals surface area (Å²) in [7, 11) is 0.150. The van der Waals surface area contributed by atoms with Crippen LogP contribution in [0.2, 0.25) is 17.6 Å². The number of thiol groups is 1. The van der Waals surface area contributed by atoms with Crippen molar-refractivity contribution in [2.75, 3.05) is 33.4 Å². The van der Waals surface area contributed by atoms with Gasteiger partial charge in [-0.05, 0) is 74.0 Å². The van der Waals surface area contributed by atoms with E-state index in [4.69, 9.17) is 32.1 Å². The number of carbonyl (C=O) groups excluding carboxylic acids is 3. The van der Waals surface area contributed by atoms with Crippen LogP contribution in [0.4, 0.5) is 0 Å². The summed E-state index contributed by atoms with van der Waals surface area (Å²) in [5, 5.41) is 20.7. The van der Waals surface area contributed by atoms with Crippen LogP contribution in [-0.2, 0) is 43.2 Å². The van der Waals surface area contributed by atoms with E-state index >= 15 is 0 Å². The molecule has 4 aliphatic heterocycles. The molecule has 8 rings (SSSR count). The number of aryl methyl sites for hydroxylation is 1. The first-order valence-electron chi connectivity index (χ1n) is 19.9. The quantitative estimate of drug-likeness (QED) is 0.125. The molecule has 12 nitrogen and oxygen atoms in total. The molecule has 4 aliphatic rings. The zero-order valence-electron chi connectivity index (χ0n) is 33.2.